The van der Waals surface area contributed by atoms with Crippen molar-refractivity contribution >= 4 is 27.9 Å². The first-order valence-corrected chi connectivity index (χ1v) is 7.59. The second kappa shape index (κ2) is 4.49. The number of halogens is 2. The third-order valence-electron chi connectivity index (χ3n) is 3.63. The van der Waals surface area contributed by atoms with Crippen molar-refractivity contribution in [2.24, 2.45) is 0 Å². The van der Waals surface area contributed by atoms with Crippen molar-refractivity contribution in [1.29, 1.82) is 0 Å². The van der Waals surface area contributed by atoms with Gasteiger partial charge in [0.1, 0.15) is 10.8 Å². The van der Waals surface area contributed by atoms with Gasteiger partial charge in [-0.25, -0.2) is 4.39 Å². The smallest absolute Gasteiger partial charge is 0.206 e. The van der Waals surface area contributed by atoms with Crippen LogP contribution in [0.2, 0.25) is 5.02 Å². The highest BCUT2D eigenvalue weighted by atomic mass is 35.5. The third-order valence-corrected chi connectivity index (χ3v) is 4.93. The minimum atomic E-state index is -0.373. The number of benzene rings is 1. The zero-order valence-corrected chi connectivity index (χ0v) is 12.0. The molecule has 0 amide bonds. The van der Waals surface area contributed by atoms with Crippen molar-refractivity contribution in [3.63, 3.8) is 0 Å². The molecule has 0 radical (unpaired) electrons. The minimum absolute atomic E-state index is 0.329. The molecule has 1 fully saturated rings. The maximum Gasteiger partial charge on any atom is 0.234 e. The monoisotopic (exact) mass is 308 g/mol. The molecule has 1 aromatic carbocycles. The fraction of sp³-hybridized carbons (Fsp3) is 0.308. The summed E-state index contributed by atoms with van der Waals surface area (Å²) in [6, 6.07) is 4.40. The van der Waals surface area contributed by atoms with Crippen molar-refractivity contribution in [2.75, 3.05) is 0 Å². The van der Waals surface area contributed by atoms with Gasteiger partial charge in [0.15, 0.2) is 5.82 Å². The third kappa shape index (κ3) is 1.83. The van der Waals surface area contributed by atoms with E-state index in [-0.39, 0.29) is 5.82 Å². The quantitative estimate of drug-likeness (QED) is 0.721. The molecular formula is C13H10ClFN4S. The van der Waals surface area contributed by atoms with E-state index >= 15 is 0 Å². The summed E-state index contributed by atoms with van der Waals surface area (Å²) in [7, 11) is 0. The predicted molar refractivity (Wildman–Crippen MR) is 75.7 cm³/mol. The molecule has 3 aromatic rings. The topological polar surface area (TPSA) is 43.1 Å². The maximum absolute atomic E-state index is 13.9. The maximum atomic E-state index is 13.9. The lowest BCUT2D eigenvalue weighted by Crippen LogP contribution is -2.08. The summed E-state index contributed by atoms with van der Waals surface area (Å²) in [6.45, 7) is 0. The molecule has 1 aliphatic rings. The van der Waals surface area contributed by atoms with Crippen LogP contribution in [-0.2, 0) is 0 Å². The van der Waals surface area contributed by atoms with Crippen molar-refractivity contribution in [2.45, 2.75) is 25.2 Å². The van der Waals surface area contributed by atoms with E-state index in [9.17, 15) is 4.39 Å². The number of nitrogens with zero attached hydrogens (tertiary/aromatic N) is 4. The molecule has 2 aromatic heterocycles. The average Bonchev–Trinajstić information content (AvgIpc) is 2.90. The Balaban J connectivity index is 1.86. The Morgan fingerprint density at radius 2 is 2.15 bits per heavy atom. The molecule has 1 aliphatic carbocycles. The Bertz CT molecular complexity index is 793. The lowest BCUT2D eigenvalue weighted by atomic mass is 9.86. The molecule has 20 heavy (non-hydrogen) atoms. The van der Waals surface area contributed by atoms with Gasteiger partial charge in [-0.3, -0.25) is 0 Å². The van der Waals surface area contributed by atoms with Crippen LogP contribution in [0.3, 0.4) is 0 Å². The molecule has 1 saturated carbocycles. The van der Waals surface area contributed by atoms with Crippen LogP contribution >= 0.6 is 22.9 Å². The summed E-state index contributed by atoms with van der Waals surface area (Å²) < 4.78 is 15.6. The fourth-order valence-electron chi connectivity index (χ4n) is 2.29. The van der Waals surface area contributed by atoms with E-state index < -0.39 is 0 Å². The molecule has 4 rings (SSSR count). The molecule has 7 heteroatoms. The first-order chi connectivity index (χ1) is 9.72. The summed E-state index contributed by atoms with van der Waals surface area (Å²) in [5.74, 6) is 0.558. The number of aromatic nitrogens is 4. The first-order valence-electron chi connectivity index (χ1n) is 6.40. The van der Waals surface area contributed by atoms with Crippen molar-refractivity contribution in [3.05, 3.63) is 34.0 Å². The normalized spacial score (nSPS) is 15.7. The Hall–Kier alpha value is -1.53. The van der Waals surface area contributed by atoms with E-state index in [2.05, 4.69) is 15.3 Å². The van der Waals surface area contributed by atoms with E-state index in [0.717, 1.165) is 5.01 Å². The largest absolute Gasteiger partial charge is 0.234 e. The van der Waals surface area contributed by atoms with Crippen molar-refractivity contribution < 1.29 is 4.39 Å². The first kappa shape index (κ1) is 12.2. The highest BCUT2D eigenvalue weighted by molar-refractivity contribution is 7.16. The molecule has 0 unspecified atom stereocenters. The highest BCUT2D eigenvalue weighted by Crippen LogP contribution is 2.38. The van der Waals surface area contributed by atoms with Gasteiger partial charge in [-0.2, -0.15) is 9.61 Å². The van der Waals surface area contributed by atoms with Gasteiger partial charge < -0.3 is 0 Å². The van der Waals surface area contributed by atoms with E-state index in [1.54, 1.807) is 10.6 Å². The zero-order valence-electron chi connectivity index (χ0n) is 10.4. The molecule has 0 spiro atoms. The van der Waals surface area contributed by atoms with Crippen molar-refractivity contribution in [1.82, 2.24) is 19.8 Å². The molecule has 0 atom stereocenters. The van der Waals surface area contributed by atoms with Crippen LogP contribution < -0.4 is 0 Å². The van der Waals surface area contributed by atoms with Crippen LogP contribution in [0.15, 0.2) is 18.2 Å². The highest BCUT2D eigenvalue weighted by Gasteiger charge is 2.25. The van der Waals surface area contributed by atoms with Gasteiger partial charge in [0, 0.05) is 10.9 Å². The molecule has 0 bridgehead atoms. The Morgan fingerprint density at radius 1 is 1.30 bits per heavy atom. The van der Waals surface area contributed by atoms with Crippen LogP contribution in [0, 0.1) is 5.82 Å². The lowest BCUT2D eigenvalue weighted by Gasteiger charge is -2.21. The molecular weight excluding hydrogens is 299 g/mol. The van der Waals surface area contributed by atoms with Gasteiger partial charge in [-0.05, 0) is 31.0 Å². The second-order valence-corrected chi connectivity index (χ2v) is 6.33. The Morgan fingerprint density at radius 3 is 2.90 bits per heavy atom. The van der Waals surface area contributed by atoms with Crippen LogP contribution in [0.5, 0.6) is 0 Å². The number of hydrogen-bond acceptors (Lipinski definition) is 4. The Labute approximate surface area is 123 Å². The van der Waals surface area contributed by atoms with Gasteiger partial charge in [-0.1, -0.05) is 29.4 Å². The van der Waals surface area contributed by atoms with E-state index in [0.29, 0.717) is 27.3 Å². The standard InChI is InChI=1S/C13H10ClFN4S/c14-8-4-5-10(15)9(6-8)11-16-17-13-19(11)18-12(20-13)7-2-1-3-7/h4-7H,1-3H2. The average molecular weight is 309 g/mol. The van der Waals surface area contributed by atoms with Crippen LogP contribution in [0.4, 0.5) is 4.39 Å². The molecule has 4 nitrogen and oxygen atoms in total. The van der Waals surface area contributed by atoms with E-state index in [1.165, 1.54) is 42.7 Å². The minimum Gasteiger partial charge on any atom is -0.206 e. The summed E-state index contributed by atoms with van der Waals surface area (Å²) in [6.07, 6.45) is 3.59. The van der Waals surface area contributed by atoms with Gasteiger partial charge in [-0.15, -0.1) is 10.2 Å². The molecule has 0 aliphatic heterocycles. The number of rotatable bonds is 2. The predicted octanol–water partition coefficient (Wildman–Crippen LogP) is 3.91. The van der Waals surface area contributed by atoms with Crippen molar-refractivity contribution in [3.8, 4) is 11.4 Å². The van der Waals surface area contributed by atoms with Crippen LogP contribution in [0.25, 0.3) is 16.3 Å². The fourth-order valence-corrected chi connectivity index (χ4v) is 3.47. The van der Waals surface area contributed by atoms with Crippen LogP contribution in [0.1, 0.15) is 30.2 Å². The zero-order chi connectivity index (χ0) is 13.7. The second-order valence-electron chi connectivity index (χ2n) is 4.91. The summed E-state index contributed by atoms with van der Waals surface area (Å²) in [5.41, 5.74) is 0.329. The van der Waals surface area contributed by atoms with Gasteiger partial charge in [0.25, 0.3) is 0 Å². The number of fused-ring (bicyclic) bond motifs is 1. The van der Waals surface area contributed by atoms with Crippen LogP contribution in [-0.4, -0.2) is 19.8 Å². The summed E-state index contributed by atoms with van der Waals surface area (Å²) in [5, 5.41) is 14.2. The van der Waals surface area contributed by atoms with E-state index in [1.807, 2.05) is 0 Å². The number of hydrogen-bond donors (Lipinski definition) is 0. The lowest BCUT2D eigenvalue weighted by molar-refractivity contribution is 0.415. The van der Waals surface area contributed by atoms with Gasteiger partial charge >= 0.3 is 0 Å². The molecule has 102 valence electrons. The SMILES string of the molecule is Fc1ccc(Cl)cc1-c1nnc2sc(C3CCC3)nn12. The van der Waals surface area contributed by atoms with E-state index in [4.69, 9.17) is 11.6 Å². The molecule has 0 N–H and O–H groups in total. The summed E-state index contributed by atoms with van der Waals surface area (Å²) >= 11 is 7.46. The summed E-state index contributed by atoms with van der Waals surface area (Å²) in [4.78, 5) is 0.696. The van der Waals surface area contributed by atoms with Gasteiger partial charge in [0.05, 0.1) is 5.56 Å². The molecule has 0 saturated heterocycles. The Kier molecular flexibility index (Phi) is 2.75. The van der Waals surface area contributed by atoms with Gasteiger partial charge in [0.2, 0.25) is 4.96 Å². The molecule has 2 heterocycles.